The lowest BCUT2D eigenvalue weighted by molar-refractivity contribution is -0.909. The van der Waals surface area contributed by atoms with Crippen molar-refractivity contribution in [3.63, 3.8) is 0 Å². The van der Waals surface area contributed by atoms with Gasteiger partial charge < -0.3 is 19.3 Å². The zero-order valence-electron chi connectivity index (χ0n) is 17.3. The van der Waals surface area contributed by atoms with Crippen LogP contribution in [0.2, 0.25) is 0 Å². The van der Waals surface area contributed by atoms with E-state index in [0.29, 0.717) is 32.2 Å². The highest BCUT2D eigenvalue weighted by atomic mass is 16.6. The Morgan fingerprint density at radius 1 is 1.22 bits per heavy atom. The van der Waals surface area contributed by atoms with E-state index in [9.17, 15) is 4.79 Å². The molecule has 1 aromatic rings. The van der Waals surface area contributed by atoms with Crippen LogP contribution in [0.3, 0.4) is 0 Å². The summed E-state index contributed by atoms with van der Waals surface area (Å²) in [6, 6.07) is 6.61. The third-order valence-electron chi connectivity index (χ3n) is 5.54. The molecule has 0 aromatic heterocycles. The molecule has 1 fully saturated rings. The molecule has 150 valence electrons. The average Bonchev–Trinajstić information content (AvgIpc) is 3.07. The summed E-state index contributed by atoms with van der Waals surface area (Å²) in [6.07, 6.45) is 3.05. The third kappa shape index (κ3) is 5.38. The van der Waals surface area contributed by atoms with Crippen molar-refractivity contribution in [2.45, 2.75) is 59.5 Å². The highest BCUT2D eigenvalue weighted by Crippen LogP contribution is 2.31. The van der Waals surface area contributed by atoms with Crippen molar-refractivity contribution >= 4 is 5.91 Å². The number of carbonyl (C=O) groups is 1. The second-order valence-electron chi connectivity index (χ2n) is 9.09. The molecule has 0 bridgehead atoms. The van der Waals surface area contributed by atoms with Crippen molar-refractivity contribution < 1.29 is 19.2 Å². The first kappa shape index (κ1) is 20.0. The van der Waals surface area contributed by atoms with Gasteiger partial charge in [0.15, 0.2) is 11.5 Å². The van der Waals surface area contributed by atoms with Gasteiger partial charge in [0, 0.05) is 25.8 Å². The van der Waals surface area contributed by atoms with Crippen molar-refractivity contribution in [2.75, 3.05) is 32.8 Å². The van der Waals surface area contributed by atoms with Crippen LogP contribution in [0.25, 0.3) is 0 Å². The van der Waals surface area contributed by atoms with Crippen LogP contribution in [-0.2, 0) is 11.3 Å². The van der Waals surface area contributed by atoms with Gasteiger partial charge >= 0.3 is 0 Å². The van der Waals surface area contributed by atoms with Gasteiger partial charge in [0.25, 0.3) is 0 Å². The zero-order chi connectivity index (χ0) is 19.4. The topological polar surface area (TPSA) is 43.2 Å². The Labute approximate surface area is 163 Å². The minimum Gasteiger partial charge on any atom is -0.486 e. The molecule has 1 amide bonds. The summed E-state index contributed by atoms with van der Waals surface area (Å²) >= 11 is 0. The van der Waals surface area contributed by atoms with E-state index >= 15 is 0 Å². The first-order valence-electron chi connectivity index (χ1n) is 10.4. The summed E-state index contributed by atoms with van der Waals surface area (Å²) < 4.78 is 11.3. The maximum absolute atomic E-state index is 13.1. The Balaban J connectivity index is 1.75. The van der Waals surface area contributed by atoms with Crippen LogP contribution >= 0.6 is 0 Å². The molecule has 0 spiro atoms. The fraction of sp³-hybridized carbons (Fsp3) is 0.682. The molecule has 2 atom stereocenters. The minimum absolute atomic E-state index is 0.00485. The van der Waals surface area contributed by atoms with E-state index in [1.165, 1.54) is 19.4 Å². The standard InChI is InChI=1S/C22H34N2O3/c1-5-23-10-6-7-18(23)16-24(21(25)14-22(2,3)4)15-17-8-9-19-20(13-17)27-12-11-26-19/h8-9,13,18H,5-7,10-12,14-16H2,1-4H3/p+1/t18-/m1/s1. The molecule has 5 nitrogen and oxygen atoms in total. The molecule has 1 aromatic carbocycles. The van der Waals surface area contributed by atoms with Crippen molar-refractivity contribution in [3.8, 4) is 11.5 Å². The summed E-state index contributed by atoms with van der Waals surface area (Å²) in [4.78, 5) is 16.8. The number of quaternary nitrogens is 1. The highest BCUT2D eigenvalue weighted by molar-refractivity contribution is 5.77. The molecular formula is C22H35N2O3+. The molecule has 3 rings (SSSR count). The lowest BCUT2D eigenvalue weighted by Crippen LogP contribution is -3.14. The van der Waals surface area contributed by atoms with Gasteiger partial charge in [-0.1, -0.05) is 26.8 Å². The van der Waals surface area contributed by atoms with Gasteiger partial charge in [-0.3, -0.25) is 4.79 Å². The normalized spacial score (nSPS) is 21.9. The van der Waals surface area contributed by atoms with Crippen molar-refractivity contribution in [1.82, 2.24) is 4.90 Å². The van der Waals surface area contributed by atoms with E-state index in [-0.39, 0.29) is 11.3 Å². The molecule has 2 heterocycles. The zero-order valence-corrected chi connectivity index (χ0v) is 17.3. The fourth-order valence-corrected chi connectivity index (χ4v) is 4.16. The van der Waals surface area contributed by atoms with E-state index < -0.39 is 0 Å². The summed E-state index contributed by atoms with van der Waals surface area (Å²) in [5.74, 6) is 1.85. The smallest absolute Gasteiger partial charge is 0.223 e. The van der Waals surface area contributed by atoms with Crippen LogP contribution in [0, 0.1) is 5.41 Å². The van der Waals surface area contributed by atoms with E-state index in [0.717, 1.165) is 30.2 Å². The number of fused-ring (bicyclic) bond motifs is 1. The molecule has 1 unspecified atom stereocenters. The maximum atomic E-state index is 13.1. The average molecular weight is 376 g/mol. The second kappa shape index (κ2) is 8.51. The predicted octanol–water partition coefficient (Wildman–Crippen LogP) is 2.29. The number of rotatable bonds is 6. The SMILES string of the molecule is CC[NH+]1CCC[C@@H]1CN(Cc1ccc2c(c1)OCCO2)C(=O)CC(C)(C)C. The highest BCUT2D eigenvalue weighted by Gasteiger charge is 2.31. The van der Waals surface area contributed by atoms with Crippen LogP contribution < -0.4 is 14.4 Å². The van der Waals surface area contributed by atoms with Crippen molar-refractivity contribution in [1.29, 1.82) is 0 Å². The van der Waals surface area contributed by atoms with E-state index in [2.05, 4.69) is 38.7 Å². The molecule has 2 aliphatic heterocycles. The molecular weight excluding hydrogens is 340 g/mol. The summed E-state index contributed by atoms with van der Waals surface area (Å²) in [7, 11) is 0. The van der Waals surface area contributed by atoms with Gasteiger partial charge in [-0.2, -0.15) is 0 Å². The van der Waals surface area contributed by atoms with Crippen molar-refractivity contribution in [2.24, 2.45) is 5.41 Å². The number of nitrogens with zero attached hydrogens (tertiary/aromatic N) is 1. The Kier molecular flexibility index (Phi) is 6.30. The lowest BCUT2D eigenvalue weighted by Gasteiger charge is -2.31. The third-order valence-corrected chi connectivity index (χ3v) is 5.54. The molecule has 1 saturated heterocycles. The molecule has 0 saturated carbocycles. The Morgan fingerprint density at radius 3 is 2.67 bits per heavy atom. The van der Waals surface area contributed by atoms with Gasteiger partial charge in [-0.25, -0.2) is 0 Å². The first-order chi connectivity index (χ1) is 12.9. The van der Waals surface area contributed by atoms with Gasteiger partial charge in [0.05, 0.1) is 19.6 Å². The van der Waals surface area contributed by atoms with Crippen LogP contribution in [-0.4, -0.2) is 49.7 Å². The van der Waals surface area contributed by atoms with Gasteiger partial charge in [-0.15, -0.1) is 0 Å². The Bertz CT molecular complexity index is 653. The summed E-state index contributed by atoms with van der Waals surface area (Å²) in [5, 5.41) is 0. The largest absolute Gasteiger partial charge is 0.486 e. The van der Waals surface area contributed by atoms with E-state index in [1.807, 2.05) is 12.1 Å². The Morgan fingerprint density at radius 2 is 1.96 bits per heavy atom. The molecule has 2 aliphatic rings. The monoisotopic (exact) mass is 375 g/mol. The van der Waals surface area contributed by atoms with Crippen LogP contribution in [0.1, 0.15) is 52.5 Å². The molecule has 5 heteroatoms. The quantitative estimate of drug-likeness (QED) is 0.830. The molecule has 0 radical (unpaired) electrons. The molecule has 27 heavy (non-hydrogen) atoms. The number of hydrogen-bond acceptors (Lipinski definition) is 3. The summed E-state index contributed by atoms with van der Waals surface area (Å²) in [6.45, 7) is 13.7. The van der Waals surface area contributed by atoms with Crippen molar-refractivity contribution in [3.05, 3.63) is 23.8 Å². The second-order valence-corrected chi connectivity index (χ2v) is 9.09. The maximum Gasteiger partial charge on any atom is 0.223 e. The number of ether oxygens (including phenoxy) is 2. The number of hydrogen-bond donors (Lipinski definition) is 1. The summed E-state index contributed by atoms with van der Waals surface area (Å²) in [5.41, 5.74) is 1.10. The number of amides is 1. The van der Waals surface area contributed by atoms with Gasteiger partial charge in [0.1, 0.15) is 19.3 Å². The predicted molar refractivity (Wildman–Crippen MR) is 106 cm³/mol. The van der Waals surface area contributed by atoms with Gasteiger partial charge in [-0.05, 0) is 30.0 Å². The first-order valence-corrected chi connectivity index (χ1v) is 10.4. The van der Waals surface area contributed by atoms with Crippen LogP contribution in [0.5, 0.6) is 11.5 Å². The van der Waals surface area contributed by atoms with E-state index in [1.54, 1.807) is 4.90 Å². The number of likely N-dealkylation sites (tertiary alicyclic amines) is 1. The van der Waals surface area contributed by atoms with Gasteiger partial charge in [0.2, 0.25) is 5.91 Å². The minimum atomic E-state index is -0.00485. The number of benzene rings is 1. The number of nitrogens with one attached hydrogen (secondary N) is 1. The fourth-order valence-electron chi connectivity index (χ4n) is 4.16. The molecule has 0 aliphatic carbocycles. The molecule has 1 N–H and O–H groups in total. The van der Waals surface area contributed by atoms with E-state index in [4.69, 9.17) is 9.47 Å². The number of likely N-dealkylation sites (N-methyl/N-ethyl adjacent to an activating group) is 1. The lowest BCUT2D eigenvalue weighted by atomic mass is 9.91. The van der Waals surface area contributed by atoms with Crippen LogP contribution in [0.15, 0.2) is 18.2 Å². The Hall–Kier alpha value is -1.75. The van der Waals surface area contributed by atoms with Crippen LogP contribution in [0.4, 0.5) is 0 Å². The number of carbonyl (C=O) groups excluding carboxylic acids is 1.